The zero-order chi connectivity index (χ0) is 5.98. The zero-order valence-electron chi connectivity index (χ0n) is 5.04. The molecule has 0 heterocycles. The van der Waals surface area contributed by atoms with Gasteiger partial charge in [0.15, 0.2) is 0 Å². The fourth-order valence-corrected chi connectivity index (χ4v) is 0.992. The summed E-state index contributed by atoms with van der Waals surface area (Å²) in [6, 6.07) is 0. The van der Waals surface area contributed by atoms with Gasteiger partial charge in [0.05, 0.1) is 0 Å². The molecule has 0 N–H and O–H groups in total. The van der Waals surface area contributed by atoms with Crippen molar-refractivity contribution in [1.29, 1.82) is 0 Å². The van der Waals surface area contributed by atoms with Gasteiger partial charge in [-0.1, -0.05) is 31.2 Å². The van der Waals surface area contributed by atoms with Crippen molar-refractivity contribution in [2.24, 2.45) is 5.92 Å². The molecule has 0 radical (unpaired) electrons. The fraction of sp³-hybridized carbons (Fsp3) is 0.429. The van der Waals surface area contributed by atoms with Crippen molar-refractivity contribution in [3.8, 4) is 0 Å². The van der Waals surface area contributed by atoms with E-state index >= 15 is 0 Å². The maximum absolute atomic E-state index is 2.81. The second-order valence-electron chi connectivity index (χ2n) is 2.21. The molecule has 3 atom stereocenters. The van der Waals surface area contributed by atoms with Crippen molar-refractivity contribution in [3.63, 3.8) is 0 Å². The van der Waals surface area contributed by atoms with Gasteiger partial charge >= 0.3 is 0 Å². The van der Waals surface area contributed by atoms with Crippen LogP contribution in [-0.4, -0.2) is 5.66 Å². The summed E-state index contributed by atoms with van der Waals surface area (Å²) in [5.74, 6) is 0.699. The molecule has 0 amide bonds. The first kappa shape index (κ1) is 6.04. The molecule has 44 valence electrons. The molecular weight excluding hydrogens is 115 g/mol. The third-order valence-corrected chi connectivity index (χ3v) is 2.30. The molecule has 0 nitrogen and oxygen atoms in total. The fourth-order valence-electron chi connectivity index (χ4n) is 0.735. The summed E-state index contributed by atoms with van der Waals surface area (Å²) in [4.78, 5) is 0. The second kappa shape index (κ2) is 2.46. The Hall–Kier alpha value is -0.0900. The Labute approximate surface area is 52.9 Å². The Morgan fingerprint density at radius 2 is 1.88 bits per heavy atom. The van der Waals surface area contributed by atoms with E-state index in [1.807, 2.05) is 0 Å². The molecule has 0 aromatic rings. The van der Waals surface area contributed by atoms with E-state index in [1.54, 1.807) is 0 Å². The lowest BCUT2D eigenvalue weighted by Gasteiger charge is -2.13. The minimum atomic E-state index is 0.653. The van der Waals surface area contributed by atoms with Gasteiger partial charge in [-0.3, -0.25) is 0 Å². The number of hydrogen-bond acceptors (Lipinski definition) is 0. The standard InChI is InChI=1S/C7H11P/c1-6-4-2-3-5-7(6)8/h2-7H,8H2,1H3. The molecule has 0 bridgehead atoms. The Bertz CT molecular complexity index is 108. The first-order valence-corrected chi connectivity index (χ1v) is 3.58. The van der Waals surface area contributed by atoms with E-state index in [0.717, 1.165) is 0 Å². The molecule has 1 aliphatic rings. The van der Waals surface area contributed by atoms with Crippen molar-refractivity contribution in [2.45, 2.75) is 12.6 Å². The van der Waals surface area contributed by atoms with Crippen molar-refractivity contribution < 1.29 is 0 Å². The van der Waals surface area contributed by atoms with Crippen LogP contribution in [0.15, 0.2) is 24.3 Å². The Morgan fingerprint density at radius 1 is 1.25 bits per heavy atom. The van der Waals surface area contributed by atoms with E-state index in [1.165, 1.54) is 0 Å². The molecular formula is C7H11P. The zero-order valence-corrected chi connectivity index (χ0v) is 6.20. The highest BCUT2D eigenvalue weighted by atomic mass is 31.0. The monoisotopic (exact) mass is 126 g/mol. The molecule has 0 aromatic carbocycles. The van der Waals surface area contributed by atoms with Gasteiger partial charge in [0, 0.05) is 0 Å². The number of rotatable bonds is 0. The summed E-state index contributed by atoms with van der Waals surface area (Å²) in [6.45, 7) is 2.22. The van der Waals surface area contributed by atoms with Crippen LogP contribution in [0.25, 0.3) is 0 Å². The summed E-state index contributed by atoms with van der Waals surface area (Å²) >= 11 is 0. The van der Waals surface area contributed by atoms with Crippen LogP contribution >= 0.6 is 9.24 Å². The third kappa shape index (κ3) is 1.20. The van der Waals surface area contributed by atoms with Crippen molar-refractivity contribution in [3.05, 3.63) is 24.3 Å². The summed E-state index contributed by atoms with van der Waals surface area (Å²) in [7, 11) is 2.81. The molecule has 0 aliphatic heterocycles. The second-order valence-corrected chi connectivity index (χ2v) is 2.98. The highest BCUT2D eigenvalue weighted by Crippen LogP contribution is 2.18. The van der Waals surface area contributed by atoms with Crippen LogP contribution in [0.5, 0.6) is 0 Å². The van der Waals surface area contributed by atoms with Crippen molar-refractivity contribution in [1.82, 2.24) is 0 Å². The predicted octanol–water partition coefficient (Wildman–Crippen LogP) is 1.99. The van der Waals surface area contributed by atoms with Gasteiger partial charge in [-0.25, -0.2) is 0 Å². The van der Waals surface area contributed by atoms with E-state index in [-0.39, 0.29) is 0 Å². The maximum Gasteiger partial charge on any atom is -0.00225 e. The minimum Gasteiger partial charge on any atom is -0.130 e. The Balaban J connectivity index is 2.59. The molecule has 1 aliphatic carbocycles. The SMILES string of the molecule is CC1C=CC=CC1P. The molecule has 0 fully saturated rings. The third-order valence-electron chi connectivity index (χ3n) is 1.47. The predicted molar refractivity (Wildman–Crippen MR) is 40.9 cm³/mol. The number of hydrogen-bond donors (Lipinski definition) is 0. The van der Waals surface area contributed by atoms with Gasteiger partial charge in [0.25, 0.3) is 0 Å². The lowest BCUT2D eigenvalue weighted by Crippen LogP contribution is -2.06. The van der Waals surface area contributed by atoms with Gasteiger partial charge in [-0.15, -0.1) is 9.24 Å². The van der Waals surface area contributed by atoms with Crippen LogP contribution in [0, 0.1) is 5.92 Å². The molecule has 0 aromatic heterocycles. The molecule has 1 heteroatoms. The summed E-state index contributed by atoms with van der Waals surface area (Å²) in [6.07, 6.45) is 8.62. The molecule has 1 rings (SSSR count). The molecule has 3 unspecified atom stereocenters. The minimum absolute atomic E-state index is 0.653. The molecule has 8 heavy (non-hydrogen) atoms. The summed E-state index contributed by atoms with van der Waals surface area (Å²) in [5.41, 5.74) is 0.653. The van der Waals surface area contributed by atoms with E-state index in [0.29, 0.717) is 11.6 Å². The molecule has 0 spiro atoms. The van der Waals surface area contributed by atoms with Crippen LogP contribution in [0.3, 0.4) is 0 Å². The van der Waals surface area contributed by atoms with Gasteiger partial charge < -0.3 is 0 Å². The topological polar surface area (TPSA) is 0 Å². The quantitative estimate of drug-likeness (QED) is 0.435. The van der Waals surface area contributed by atoms with Crippen LogP contribution in [-0.2, 0) is 0 Å². The average Bonchev–Trinajstić information content (AvgIpc) is 1.77. The molecule has 0 saturated carbocycles. The van der Waals surface area contributed by atoms with E-state index in [2.05, 4.69) is 40.5 Å². The Kier molecular flexibility index (Phi) is 1.85. The maximum atomic E-state index is 2.81. The van der Waals surface area contributed by atoms with Crippen LogP contribution in [0.1, 0.15) is 6.92 Å². The van der Waals surface area contributed by atoms with E-state index < -0.39 is 0 Å². The first-order valence-electron chi connectivity index (χ1n) is 2.91. The van der Waals surface area contributed by atoms with Crippen LogP contribution < -0.4 is 0 Å². The highest BCUT2D eigenvalue weighted by molar-refractivity contribution is 7.18. The highest BCUT2D eigenvalue weighted by Gasteiger charge is 2.06. The average molecular weight is 126 g/mol. The van der Waals surface area contributed by atoms with Crippen molar-refractivity contribution in [2.75, 3.05) is 0 Å². The van der Waals surface area contributed by atoms with Crippen LogP contribution in [0.4, 0.5) is 0 Å². The Morgan fingerprint density at radius 3 is 2.25 bits per heavy atom. The van der Waals surface area contributed by atoms with Gasteiger partial charge in [-0.2, -0.15) is 0 Å². The lowest BCUT2D eigenvalue weighted by molar-refractivity contribution is 0.753. The summed E-state index contributed by atoms with van der Waals surface area (Å²) in [5, 5.41) is 0. The lowest BCUT2D eigenvalue weighted by atomic mass is 10.0. The number of allylic oxidation sites excluding steroid dienone is 4. The smallest absolute Gasteiger partial charge is 0.00225 e. The van der Waals surface area contributed by atoms with Gasteiger partial charge in [0.1, 0.15) is 0 Å². The largest absolute Gasteiger partial charge is 0.130 e. The molecule has 0 saturated heterocycles. The van der Waals surface area contributed by atoms with E-state index in [4.69, 9.17) is 0 Å². The summed E-state index contributed by atoms with van der Waals surface area (Å²) < 4.78 is 0. The van der Waals surface area contributed by atoms with E-state index in [9.17, 15) is 0 Å². The van der Waals surface area contributed by atoms with Crippen LogP contribution in [0.2, 0.25) is 0 Å². The van der Waals surface area contributed by atoms with Crippen molar-refractivity contribution >= 4 is 9.24 Å². The van der Waals surface area contributed by atoms with Gasteiger partial charge in [0.2, 0.25) is 0 Å². The normalized spacial score (nSPS) is 35.8. The van der Waals surface area contributed by atoms with Gasteiger partial charge in [-0.05, 0) is 11.6 Å². The first-order chi connectivity index (χ1) is 3.80.